The third-order valence-corrected chi connectivity index (χ3v) is 4.04. The third kappa shape index (κ3) is 6.67. The van der Waals surface area contributed by atoms with Crippen LogP contribution in [0.3, 0.4) is 0 Å². The molecule has 0 nitrogen and oxygen atoms in total. The van der Waals surface area contributed by atoms with E-state index in [9.17, 15) is 0 Å². The van der Waals surface area contributed by atoms with Crippen molar-refractivity contribution in [3.8, 4) is 0 Å². The van der Waals surface area contributed by atoms with Gasteiger partial charge in [-0.1, -0.05) is 83.2 Å². The Bertz CT molecular complexity index is 590. The Morgan fingerprint density at radius 3 is 1.96 bits per heavy atom. The van der Waals surface area contributed by atoms with Crippen molar-refractivity contribution in [2.45, 2.75) is 60.3 Å². The van der Waals surface area contributed by atoms with E-state index in [2.05, 4.69) is 83.5 Å². The van der Waals surface area contributed by atoms with Crippen LogP contribution in [-0.2, 0) is 5.41 Å². The number of benzene rings is 1. The van der Waals surface area contributed by atoms with Gasteiger partial charge in [-0.3, -0.25) is 0 Å². The first-order valence-electron chi connectivity index (χ1n) is 9.59. The average Bonchev–Trinajstić information content (AvgIpc) is 2.87. The smallest absolute Gasteiger partial charge is 0.0155 e. The molecule has 0 N–H and O–H groups in total. The van der Waals surface area contributed by atoms with Crippen molar-refractivity contribution in [2.75, 3.05) is 0 Å². The molecule has 0 bridgehead atoms. The Hall–Kier alpha value is -2.08. The van der Waals surface area contributed by atoms with E-state index in [-0.39, 0.29) is 5.41 Å². The zero-order valence-corrected chi connectivity index (χ0v) is 18.2. The minimum absolute atomic E-state index is 0.197. The number of rotatable bonds is 0. The first-order valence-corrected chi connectivity index (χ1v) is 9.59. The zero-order valence-electron chi connectivity index (χ0n) is 18.2. The minimum atomic E-state index is 0.197. The molecule has 2 aliphatic carbocycles. The molecule has 0 fully saturated rings. The second-order valence-corrected chi connectivity index (χ2v) is 6.42. The molecule has 2 aliphatic rings. The average molecular weight is 353 g/mol. The molecular weight excluding hydrogens is 312 g/mol. The lowest BCUT2D eigenvalue weighted by atomic mass is 9.79. The van der Waals surface area contributed by atoms with Gasteiger partial charge in [-0.2, -0.15) is 0 Å². The highest BCUT2D eigenvalue weighted by atomic mass is 14.4. The first-order chi connectivity index (χ1) is 12.4. The predicted octanol–water partition coefficient (Wildman–Crippen LogP) is 8.54. The molecule has 1 atom stereocenters. The third-order valence-electron chi connectivity index (χ3n) is 4.04. The number of hydrogen-bond donors (Lipinski definition) is 0. The highest BCUT2D eigenvalue weighted by molar-refractivity contribution is 5.83. The van der Waals surface area contributed by atoms with Crippen LogP contribution in [0.1, 0.15) is 66.0 Å². The van der Waals surface area contributed by atoms with Crippen molar-refractivity contribution in [3.05, 3.63) is 91.6 Å². The first kappa shape index (κ1) is 26.2. The maximum atomic E-state index is 3.36. The second-order valence-electron chi connectivity index (χ2n) is 6.42. The molecule has 0 aromatic heterocycles. The fourth-order valence-electron chi connectivity index (χ4n) is 3.14. The fraction of sp³-hybridized carbons (Fsp3) is 0.385. The van der Waals surface area contributed by atoms with Gasteiger partial charge in [0.05, 0.1) is 0 Å². The van der Waals surface area contributed by atoms with Gasteiger partial charge in [0.2, 0.25) is 0 Å². The summed E-state index contributed by atoms with van der Waals surface area (Å²) in [5.41, 5.74) is 6.29. The molecule has 0 radical (unpaired) electrons. The summed E-state index contributed by atoms with van der Waals surface area (Å²) in [7, 11) is 0. The quantitative estimate of drug-likeness (QED) is 0.410. The molecule has 144 valence electrons. The highest BCUT2D eigenvalue weighted by Gasteiger charge is 2.37. The summed E-state index contributed by atoms with van der Waals surface area (Å²) >= 11 is 0. The Labute approximate surface area is 163 Å². The van der Waals surface area contributed by atoms with Crippen molar-refractivity contribution in [1.82, 2.24) is 0 Å². The minimum Gasteiger partial charge on any atom is -0.106 e. The van der Waals surface area contributed by atoms with E-state index in [1.165, 1.54) is 23.1 Å². The van der Waals surface area contributed by atoms with Gasteiger partial charge in [-0.15, -0.1) is 26.3 Å². The molecule has 0 saturated carbocycles. The van der Waals surface area contributed by atoms with Crippen molar-refractivity contribution >= 4 is 5.57 Å². The molecule has 0 saturated heterocycles. The fourth-order valence-corrected chi connectivity index (χ4v) is 3.14. The van der Waals surface area contributed by atoms with Gasteiger partial charge < -0.3 is 0 Å². The largest absolute Gasteiger partial charge is 0.106 e. The molecule has 26 heavy (non-hydrogen) atoms. The Kier molecular flexibility index (Phi) is 14.2. The normalized spacial score (nSPS) is 17.1. The van der Waals surface area contributed by atoms with Crippen LogP contribution in [-0.4, -0.2) is 0 Å². The summed E-state index contributed by atoms with van der Waals surface area (Å²) < 4.78 is 0. The van der Waals surface area contributed by atoms with Gasteiger partial charge in [0.1, 0.15) is 0 Å². The maximum absolute atomic E-state index is 3.36. The summed E-state index contributed by atoms with van der Waals surface area (Å²) in [5, 5.41) is 0. The predicted molar refractivity (Wildman–Crippen MR) is 124 cm³/mol. The lowest BCUT2D eigenvalue weighted by Crippen LogP contribution is -2.16. The SMILES string of the molecule is C=C.C=CC.C=CC.CC.CC1C=CC2=C(C1)c1ccccc1C2(C)C. The van der Waals surface area contributed by atoms with E-state index >= 15 is 0 Å². The molecule has 0 aliphatic heterocycles. The van der Waals surface area contributed by atoms with Gasteiger partial charge in [0.15, 0.2) is 0 Å². The Balaban J connectivity index is 0. The van der Waals surface area contributed by atoms with Crippen LogP contribution in [0.5, 0.6) is 0 Å². The Morgan fingerprint density at radius 1 is 1.00 bits per heavy atom. The zero-order chi connectivity index (χ0) is 20.8. The molecule has 1 unspecified atom stereocenters. The van der Waals surface area contributed by atoms with Gasteiger partial charge in [0, 0.05) is 5.41 Å². The number of hydrogen-bond acceptors (Lipinski definition) is 0. The van der Waals surface area contributed by atoms with Crippen molar-refractivity contribution in [1.29, 1.82) is 0 Å². The van der Waals surface area contributed by atoms with E-state index in [1.54, 1.807) is 17.7 Å². The maximum Gasteiger partial charge on any atom is 0.0155 e. The summed E-state index contributed by atoms with van der Waals surface area (Å²) in [5.74, 6) is 0.681. The monoisotopic (exact) mass is 352 g/mol. The van der Waals surface area contributed by atoms with E-state index in [0.717, 1.165) is 0 Å². The van der Waals surface area contributed by atoms with E-state index < -0.39 is 0 Å². The second kappa shape index (κ2) is 14.1. The molecule has 1 aromatic carbocycles. The Morgan fingerprint density at radius 2 is 1.46 bits per heavy atom. The molecule has 0 amide bonds. The van der Waals surface area contributed by atoms with E-state index in [0.29, 0.717) is 5.92 Å². The summed E-state index contributed by atoms with van der Waals surface area (Å²) in [6.45, 7) is 27.5. The van der Waals surface area contributed by atoms with Crippen LogP contribution in [0.2, 0.25) is 0 Å². The number of fused-ring (bicyclic) bond motifs is 2. The standard InChI is InChI=1S/C16H18.2C3H6.C2H6.C2H4/c1-11-8-9-15-13(10-11)12-6-4-5-7-14(12)16(15,2)3;2*1-3-2;2*1-2/h4-9,11H,10H2,1-3H3;2*3H,1H2,2H3;1-2H3;1-2H2. The molecule has 0 heterocycles. The summed E-state index contributed by atoms with van der Waals surface area (Å²) in [4.78, 5) is 0. The van der Waals surface area contributed by atoms with Crippen LogP contribution < -0.4 is 0 Å². The van der Waals surface area contributed by atoms with Gasteiger partial charge >= 0.3 is 0 Å². The lowest BCUT2D eigenvalue weighted by molar-refractivity contribution is 0.643. The van der Waals surface area contributed by atoms with Crippen LogP contribution in [0, 0.1) is 5.92 Å². The summed E-state index contributed by atoms with van der Waals surface area (Å²) in [6, 6.07) is 8.89. The molecule has 3 rings (SSSR count). The topological polar surface area (TPSA) is 0 Å². The summed E-state index contributed by atoms with van der Waals surface area (Å²) in [6.07, 6.45) is 9.40. The van der Waals surface area contributed by atoms with Crippen molar-refractivity contribution in [2.24, 2.45) is 5.92 Å². The van der Waals surface area contributed by atoms with Gasteiger partial charge in [0.25, 0.3) is 0 Å². The number of allylic oxidation sites excluding steroid dienone is 6. The van der Waals surface area contributed by atoms with Crippen molar-refractivity contribution < 1.29 is 0 Å². The van der Waals surface area contributed by atoms with E-state index in [1.807, 2.05) is 27.7 Å². The van der Waals surface area contributed by atoms with Crippen molar-refractivity contribution in [3.63, 3.8) is 0 Å². The lowest BCUT2D eigenvalue weighted by Gasteiger charge is -2.24. The van der Waals surface area contributed by atoms with Crippen LogP contribution in [0.15, 0.2) is 80.5 Å². The van der Waals surface area contributed by atoms with E-state index in [4.69, 9.17) is 0 Å². The molecular formula is C26H40. The van der Waals surface area contributed by atoms with Crippen LogP contribution >= 0.6 is 0 Å². The molecule has 1 aromatic rings. The van der Waals surface area contributed by atoms with Gasteiger partial charge in [-0.05, 0) is 48.5 Å². The van der Waals surface area contributed by atoms with Crippen LogP contribution in [0.4, 0.5) is 0 Å². The molecule has 0 spiro atoms. The van der Waals surface area contributed by atoms with Crippen LogP contribution in [0.25, 0.3) is 5.57 Å². The van der Waals surface area contributed by atoms with Gasteiger partial charge in [-0.25, -0.2) is 0 Å². The molecule has 0 heteroatoms. The highest BCUT2D eigenvalue weighted by Crippen LogP contribution is 2.50.